The summed E-state index contributed by atoms with van der Waals surface area (Å²) in [5.41, 5.74) is 4.96. The van der Waals surface area contributed by atoms with Crippen LogP contribution in [-0.4, -0.2) is 12.6 Å². The number of hydrogen-bond acceptors (Lipinski definition) is 2. The van der Waals surface area contributed by atoms with Crippen LogP contribution in [0.2, 0.25) is 0 Å². The molecule has 0 radical (unpaired) electrons. The maximum atomic E-state index is 13.0. The second-order valence-corrected chi connectivity index (χ2v) is 9.07. The highest BCUT2D eigenvalue weighted by atomic mass is 16.5. The Morgan fingerprint density at radius 3 is 2.50 bits per heavy atom. The molecule has 0 aromatic heterocycles. The number of rotatable bonds is 5. The summed E-state index contributed by atoms with van der Waals surface area (Å²) in [7, 11) is 0. The lowest BCUT2D eigenvalue weighted by molar-refractivity contribution is -0.150. The molecule has 1 aromatic rings. The minimum absolute atomic E-state index is 0.0786. The lowest BCUT2D eigenvalue weighted by Crippen LogP contribution is -2.22. The molecule has 2 aliphatic rings. The van der Waals surface area contributed by atoms with Crippen LogP contribution >= 0.6 is 0 Å². The van der Waals surface area contributed by atoms with E-state index in [4.69, 9.17) is 11.2 Å². The molecule has 2 fully saturated rings. The van der Waals surface area contributed by atoms with Gasteiger partial charge >= 0.3 is 5.97 Å². The molecule has 2 saturated carbocycles. The zero-order valence-corrected chi connectivity index (χ0v) is 17.9. The van der Waals surface area contributed by atoms with Crippen LogP contribution in [0.15, 0.2) is 41.5 Å². The van der Waals surface area contributed by atoms with E-state index in [1.54, 1.807) is 0 Å². The third kappa shape index (κ3) is 3.44. The fourth-order valence-corrected chi connectivity index (χ4v) is 4.72. The summed E-state index contributed by atoms with van der Waals surface area (Å²) in [6, 6.07) is 8.13. The van der Waals surface area contributed by atoms with Gasteiger partial charge in [-0.05, 0) is 74.5 Å². The first-order valence-corrected chi connectivity index (χ1v) is 10.3. The highest BCUT2D eigenvalue weighted by Crippen LogP contribution is 2.70. The van der Waals surface area contributed by atoms with Crippen molar-refractivity contribution >= 4 is 11.5 Å². The summed E-state index contributed by atoms with van der Waals surface area (Å²) < 4.78 is 5.77. The highest BCUT2D eigenvalue weighted by Gasteiger charge is 2.72. The van der Waals surface area contributed by atoms with E-state index in [-0.39, 0.29) is 23.9 Å². The number of esters is 1. The smallest absolute Gasteiger partial charge is 0.313 e. The Kier molecular flexibility index (Phi) is 5.57. The Morgan fingerprint density at radius 2 is 1.89 bits per heavy atom. The molecule has 2 aliphatic carbocycles. The molecule has 1 aromatic carbocycles. The van der Waals surface area contributed by atoms with Crippen molar-refractivity contribution in [2.45, 2.75) is 60.3 Å². The summed E-state index contributed by atoms with van der Waals surface area (Å²) in [5.74, 6) is 2.85. The summed E-state index contributed by atoms with van der Waals surface area (Å²) >= 11 is 0. The van der Waals surface area contributed by atoms with Gasteiger partial charge in [0.15, 0.2) is 0 Å². The van der Waals surface area contributed by atoms with Crippen LogP contribution < -0.4 is 0 Å². The van der Waals surface area contributed by atoms with Gasteiger partial charge in [-0.1, -0.05) is 55.7 Å². The molecule has 3 rings (SSSR count). The number of allylic oxidation sites excluding steroid dienone is 3. The topological polar surface area (TPSA) is 26.3 Å². The Bertz CT molecular complexity index is 870. The van der Waals surface area contributed by atoms with Gasteiger partial charge in [-0.3, -0.25) is 4.79 Å². The largest absolute Gasteiger partial charge is 0.460 e. The lowest BCUT2D eigenvalue weighted by Gasteiger charge is -2.15. The van der Waals surface area contributed by atoms with E-state index in [0.717, 1.165) is 22.3 Å². The minimum atomic E-state index is -0.473. The molecule has 0 N–H and O–H groups in total. The van der Waals surface area contributed by atoms with Crippen molar-refractivity contribution in [2.75, 3.05) is 6.61 Å². The van der Waals surface area contributed by atoms with Crippen molar-refractivity contribution in [3.05, 3.63) is 52.6 Å². The predicted octanol–water partition coefficient (Wildman–Crippen LogP) is 6.11. The first-order valence-electron chi connectivity index (χ1n) is 10.3. The molecule has 0 aliphatic heterocycles. The summed E-state index contributed by atoms with van der Waals surface area (Å²) in [4.78, 5) is 13.0. The van der Waals surface area contributed by atoms with Gasteiger partial charge in [-0.25, -0.2) is 0 Å². The predicted molar refractivity (Wildman–Crippen MR) is 115 cm³/mol. The zero-order valence-electron chi connectivity index (χ0n) is 17.9. The van der Waals surface area contributed by atoms with Crippen LogP contribution in [0.1, 0.15) is 64.5 Å². The first kappa shape index (κ1) is 20.5. The highest BCUT2D eigenvalue weighted by molar-refractivity contribution is 5.83. The number of aryl methyl sites for hydroxylation is 1. The Morgan fingerprint density at radius 1 is 1.25 bits per heavy atom. The monoisotopic (exact) mass is 376 g/mol. The molecule has 2 unspecified atom stereocenters. The van der Waals surface area contributed by atoms with E-state index in [2.05, 4.69) is 44.9 Å². The van der Waals surface area contributed by atoms with E-state index in [9.17, 15) is 4.79 Å². The maximum Gasteiger partial charge on any atom is 0.313 e. The normalized spacial score (nSPS) is 26.3. The van der Waals surface area contributed by atoms with Gasteiger partial charge in [0.1, 0.15) is 6.61 Å². The average molecular weight is 377 g/mol. The molecule has 28 heavy (non-hydrogen) atoms. The molecule has 2 atom stereocenters. The van der Waals surface area contributed by atoms with Gasteiger partial charge in [0.05, 0.1) is 5.41 Å². The van der Waals surface area contributed by atoms with E-state index < -0.39 is 5.41 Å². The first-order chi connectivity index (χ1) is 13.2. The van der Waals surface area contributed by atoms with Crippen molar-refractivity contribution in [2.24, 2.45) is 16.7 Å². The maximum absolute atomic E-state index is 13.0. The van der Waals surface area contributed by atoms with Gasteiger partial charge in [-0.15, -0.1) is 6.42 Å². The van der Waals surface area contributed by atoms with Crippen molar-refractivity contribution < 1.29 is 9.53 Å². The number of carbonyl (C=O) groups excluding carboxylic acids is 1. The molecular weight excluding hydrogens is 344 g/mol. The molecule has 2 heteroatoms. The van der Waals surface area contributed by atoms with E-state index in [0.29, 0.717) is 0 Å². The number of ether oxygens (including phenoxy) is 1. The summed E-state index contributed by atoms with van der Waals surface area (Å²) in [5, 5.41) is 0. The standard InChI is InChI=1S/C26H32O2/c1-7-21(19(3)22-15-11-8-12-18(22)2)17-28-24(27)26(6)23(25(26,4)5)16-20-13-9-10-14-20/h1,8,11-12,15-16,23H,9-10,13-14,17H2,2-6H3. The number of carbonyl (C=O) groups is 1. The average Bonchev–Trinajstić information content (AvgIpc) is 3.03. The minimum Gasteiger partial charge on any atom is -0.460 e. The molecule has 0 saturated heterocycles. The Hall–Kier alpha value is -2.27. The Balaban J connectivity index is 1.74. The van der Waals surface area contributed by atoms with Crippen molar-refractivity contribution in [3.8, 4) is 12.3 Å². The van der Waals surface area contributed by atoms with Crippen LogP contribution in [0, 0.1) is 36.0 Å². The molecule has 0 amide bonds. The zero-order chi connectivity index (χ0) is 20.5. The van der Waals surface area contributed by atoms with E-state index in [1.165, 1.54) is 31.3 Å². The fraction of sp³-hybridized carbons (Fsp3) is 0.500. The fourth-order valence-electron chi connectivity index (χ4n) is 4.72. The molecule has 0 spiro atoms. The summed E-state index contributed by atoms with van der Waals surface area (Å²) in [6.45, 7) is 10.6. The molecule has 2 nitrogen and oxygen atoms in total. The molecule has 0 bridgehead atoms. The van der Waals surface area contributed by atoms with Gasteiger partial charge < -0.3 is 4.74 Å². The van der Waals surface area contributed by atoms with Crippen LogP contribution in [0.5, 0.6) is 0 Å². The van der Waals surface area contributed by atoms with Crippen LogP contribution in [0.25, 0.3) is 5.57 Å². The van der Waals surface area contributed by atoms with E-state index >= 15 is 0 Å². The van der Waals surface area contributed by atoms with Crippen LogP contribution in [-0.2, 0) is 9.53 Å². The third-order valence-corrected chi connectivity index (χ3v) is 7.25. The molecule has 0 heterocycles. The van der Waals surface area contributed by atoms with Gasteiger partial charge in [-0.2, -0.15) is 0 Å². The van der Waals surface area contributed by atoms with Crippen molar-refractivity contribution in [1.29, 1.82) is 0 Å². The second-order valence-electron chi connectivity index (χ2n) is 9.07. The van der Waals surface area contributed by atoms with Crippen LogP contribution in [0.3, 0.4) is 0 Å². The lowest BCUT2D eigenvalue weighted by atomic mass is 9.97. The van der Waals surface area contributed by atoms with E-state index in [1.807, 2.05) is 26.0 Å². The molecule has 148 valence electrons. The van der Waals surface area contributed by atoms with Crippen molar-refractivity contribution in [1.82, 2.24) is 0 Å². The van der Waals surface area contributed by atoms with Crippen LogP contribution in [0.4, 0.5) is 0 Å². The third-order valence-electron chi connectivity index (χ3n) is 7.25. The quantitative estimate of drug-likeness (QED) is 0.352. The second kappa shape index (κ2) is 7.63. The van der Waals surface area contributed by atoms with Gasteiger partial charge in [0, 0.05) is 5.57 Å². The summed E-state index contributed by atoms with van der Waals surface area (Å²) in [6.07, 6.45) is 13.0. The number of benzene rings is 1. The van der Waals surface area contributed by atoms with Gasteiger partial charge in [0.2, 0.25) is 0 Å². The number of hydrogen-bond donors (Lipinski definition) is 0. The molecular formula is C26H32O2. The van der Waals surface area contributed by atoms with Crippen molar-refractivity contribution in [3.63, 3.8) is 0 Å². The van der Waals surface area contributed by atoms with Gasteiger partial charge in [0.25, 0.3) is 0 Å². The SMILES string of the molecule is C#CC(COC(=O)C1(C)C(C=C2CCCC2)C1(C)C)=C(C)c1ccccc1C. The number of terminal acetylenes is 1. The Labute approximate surface area is 170 Å².